The molecule has 0 saturated carbocycles. The summed E-state index contributed by atoms with van der Waals surface area (Å²) in [5, 5.41) is -2.43. The Morgan fingerprint density at radius 2 is 1.67 bits per heavy atom. The molecule has 0 aliphatic heterocycles. The Kier molecular flexibility index (Phi) is 8.52. The van der Waals surface area contributed by atoms with Crippen LogP contribution in [0.1, 0.15) is 45.4 Å². The van der Waals surface area contributed by atoms with Gasteiger partial charge in [0.25, 0.3) is 0 Å². The molecular formula is C10H18BrF3O. The maximum atomic E-state index is 12.5. The van der Waals surface area contributed by atoms with Crippen LogP contribution in [0.15, 0.2) is 0 Å². The Morgan fingerprint density at radius 3 is 2.20 bits per heavy atom. The van der Waals surface area contributed by atoms with Crippen molar-refractivity contribution in [2.45, 2.75) is 56.6 Å². The zero-order valence-electron chi connectivity index (χ0n) is 8.95. The third-order valence-electron chi connectivity index (χ3n) is 2.05. The first kappa shape index (κ1) is 15.2. The number of hydrogen-bond donors (Lipinski definition) is 0. The van der Waals surface area contributed by atoms with Gasteiger partial charge < -0.3 is 4.74 Å². The standard InChI is InChI=1S/C10H18BrF3O/c1-2-3-4-5-6-7-8-15-10(13,14)9(11)12/h9H,2-8H2,1H3. The van der Waals surface area contributed by atoms with E-state index in [1.54, 1.807) is 0 Å². The first-order chi connectivity index (χ1) is 7.00. The van der Waals surface area contributed by atoms with Crippen LogP contribution in [-0.4, -0.2) is 17.8 Å². The Hall–Kier alpha value is 0.230. The van der Waals surface area contributed by atoms with Crippen molar-refractivity contribution in [2.24, 2.45) is 0 Å². The lowest BCUT2D eigenvalue weighted by atomic mass is 10.1. The van der Waals surface area contributed by atoms with E-state index in [-0.39, 0.29) is 6.61 Å². The zero-order valence-corrected chi connectivity index (χ0v) is 10.5. The van der Waals surface area contributed by atoms with Gasteiger partial charge in [-0.05, 0) is 22.4 Å². The molecule has 0 aromatic rings. The number of alkyl halides is 4. The maximum Gasteiger partial charge on any atom is 0.396 e. The number of halogens is 4. The summed E-state index contributed by atoms with van der Waals surface area (Å²) < 4.78 is 41.4. The normalized spacial score (nSPS) is 14.2. The molecule has 0 rings (SSSR count). The van der Waals surface area contributed by atoms with Crippen LogP contribution in [0.25, 0.3) is 0 Å². The number of ether oxygens (including phenoxy) is 1. The smallest absolute Gasteiger partial charge is 0.317 e. The molecule has 0 spiro atoms. The minimum absolute atomic E-state index is 0.0921. The van der Waals surface area contributed by atoms with Crippen molar-refractivity contribution in [3.8, 4) is 0 Å². The average molecular weight is 291 g/mol. The summed E-state index contributed by atoms with van der Waals surface area (Å²) in [6.07, 6.45) is 2.18. The van der Waals surface area contributed by atoms with Gasteiger partial charge in [0, 0.05) is 0 Å². The summed E-state index contributed by atoms with van der Waals surface area (Å²) >= 11 is 2.16. The van der Waals surface area contributed by atoms with Crippen LogP contribution >= 0.6 is 15.9 Å². The van der Waals surface area contributed by atoms with Crippen molar-refractivity contribution in [1.29, 1.82) is 0 Å². The number of rotatable bonds is 9. The van der Waals surface area contributed by atoms with E-state index in [1.165, 1.54) is 6.42 Å². The van der Waals surface area contributed by atoms with Crippen LogP contribution in [0, 0.1) is 0 Å². The SMILES string of the molecule is CCCCCCCCOC(F)(F)C(F)Br. The Bertz CT molecular complexity index is 154. The summed E-state index contributed by atoms with van der Waals surface area (Å²) in [5.74, 6) is 0. The van der Waals surface area contributed by atoms with Crippen LogP contribution < -0.4 is 0 Å². The van der Waals surface area contributed by atoms with Crippen molar-refractivity contribution in [2.75, 3.05) is 6.61 Å². The van der Waals surface area contributed by atoms with Gasteiger partial charge in [0.1, 0.15) is 0 Å². The van der Waals surface area contributed by atoms with E-state index in [0.29, 0.717) is 6.42 Å². The van der Waals surface area contributed by atoms with Crippen LogP contribution in [0.4, 0.5) is 13.2 Å². The fourth-order valence-corrected chi connectivity index (χ4v) is 1.29. The van der Waals surface area contributed by atoms with Gasteiger partial charge in [-0.2, -0.15) is 8.78 Å². The van der Waals surface area contributed by atoms with E-state index >= 15 is 0 Å². The first-order valence-electron chi connectivity index (χ1n) is 5.30. The predicted octanol–water partition coefficient (Wildman–Crippen LogP) is 4.65. The molecule has 0 fully saturated rings. The van der Waals surface area contributed by atoms with Crippen LogP contribution in [-0.2, 0) is 4.74 Å². The molecule has 0 amide bonds. The molecule has 0 radical (unpaired) electrons. The molecule has 0 aliphatic carbocycles. The van der Waals surface area contributed by atoms with E-state index in [2.05, 4.69) is 27.6 Å². The molecule has 1 unspecified atom stereocenters. The van der Waals surface area contributed by atoms with Gasteiger partial charge in [-0.15, -0.1) is 0 Å². The Morgan fingerprint density at radius 1 is 1.13 bits per heavy atom. The van der Waals surface area contributed by atoms with Gasteiger partial charge in [0.15, 0.2) is 0 Å². The van der Waals surface area contributed by atoms with Gasteiger partial charge >= 0.3 is 6.11 Å². The van der Waals surface area contributed by atoms with E-state index in [9.17, 15) is 13.2 Å². The summed E-state index contributed by atoms with van der Waals surface area (Å²) in [7, 11) is 0. The average Bonchev–Trinajstić information content (AvgIpc) is 2.16. The summed E-state index contributed by atoms with van der Waals surface area (Å²) in [4.78, 5) is 0. The predicted molar refractivity (Wildman–Crippen MR) is 58.1 cm³/mol. The molecular weight excluding hydrogens is 273 g/mol. The quantitative estimate of drug-likeness (QED) is 0.444. The lowest BCUT2D eigenvalue weighted by molar-refractivity contribution is -0.253. The molecule has 0 bridgehead atoms. The van der Waals surface area contributed by atoms with Crippen molar-refractivity contribution < 1.29 is 17.9 Å². The third-order valence-corrected chi connectivity index (χ3v) is 2.58. The molecule has 0 N–H and O–H groups in total. The Labute approximate surface area is 97.5 Å². The lowest BCUT2D eigenvalue weighted by Gasteiger charge is -2.16. The van der Waals surface area contributed by atoms with E-state index in [1.807, 2.05) is 0 Å². The highest BCUT2D eigenvalue weighted by Crippen LogP contribution is 2.27. The molecule has 0 heterocycles. The third kappa shape index (κ3) is 8.08. The molecule has 1 nitrogen and oxygen atoms in total. The Balaban J connectivity index is 3.31. The highest BCUT2D eigenvalue weighted by molar-refractivity contribution is 9.09. The van der Waals surface area contributed by atoms with Crippen molar-refractivity contribution in [1.82, 2.24) is 0 Å². The van der Waals surface area contributed by atoms with Gasteiger partial charge in [0.05, 0.1) is 6.61 Å². The minimum atomic E-state index is -3.70. The number of unbranched alkanes of at least 4 members (excludes halogenated alkanes) is 5. The van der Waals surface area contributed by atoms with Gasteiger partial charge in [-0.1, -0.05) is 39.0 Å². The first-order valence-corrected chi connectivity index (χ1v) is 6.22. The van der Waals surface area contributed by atoms with E-state index in [0.717, 1.165) is 25.7 Å². The van der Waals surface area contributed by atoms with E-state index in [4.69, 9.17) is 0 Å². The highest BCUT2D eigenvalue weighted by atomic mass is 79.9. The van der Waals surface area contributed by atoms with Crippen molar-refractivity contribution in [3.63, 3.8) is 0 Å². The molecule has 5 heteroatoms. The van der Waals surface area contributed by atoms with E-state index < -0.39 is 11.2 Å². The molecule has 92 valence electrons. The molecule has 0 aliphatic rings. The molecule has 0 aromatic carbocycles. The van der Waals surface area contributed by atoms with Gasteiger partial charge in [-0.3, -0.25) is 0 Å². The molecule has 0 aromatic heterocycles. The van der Waals surface area contributed by atoms with Crippen LogP contribution in [0.5, 0.6) is 0 Å². The summed E-state index contributed by atoms with van der Waals surface area (Å²) in [6.45, 7) is 2.02. The van der Waals surface area contributed by atoms with Gasteiger partial charge in [0.2, 0.25) is 5.08 Å². The van der Waals surface area contributed by atoms with Gasteiger partial charge in [-0.25, -0.2) is 4.39 Å². The minimum Gasteiger partial charge on any atom is -0.317 e. The van der Waals surface area contributed by atoms with Crippen LogP contribution in [0.2, 0.25) is 0 Å². The maximum absolute atomic E-state index is 12.5. The molecule has 1 atom stereocenters. The molecule has 0 saturated heterocycles. The fourth-order valence-electron chi connectivity index (χ4n) is 1.15. The molecule has 15 heavy (non-hydrogen) atoms. The second kappa shape index (κ2) is 8.39. The second-order valence-corrected chi connectivity index (χ2v) is 4.28. The van der Waals surface area contributed by atoms with Crippen molar-refractivity contribution >= 4 is 15.9 Å². The topological polar surface area (TPSA) is 9.23 Å². The summed E-state index contributed by atoms with van der Waals surface area (Å²) in [6, 6.07) is 0. The summed E-state index contributed by atoms with van der Waals surface area (Å²) in [5.41, 5.74) is 0. The van der Waals surface area contributed by atoms with Crippen LogP contribution in [0.3, 0.4) is 0 Å². The van der Waals surface area contributed by atoms with Crippen molar-refractivity contribution in [3.05, 3.63) is 0 Å². The fraction of sp³-hybridized carbons (Fsp3) is 1.00. The number of hydrogen-bond acceptors (Lipinski definition) is 1. The zero-order chi connectivity index (χ0) is 11.7. The highest BCUT2D eigenvalue weighted by Gasteiger charge is 2.39. The second-order valence-electron chi connectivity index (χ2n) is 3.48. The lowest BCUT2D eigenvalue weighted by Crippen LogP contribution is -2.29. The monoisotopic (exact) mass is 290 g/mol. The largest absolute Gasteiger partial charge is 0.396 e.